The van der Waals surface area contributed by atoms with E-state index in [1.54, 1.807) is 12.6 Å². The van der Waals surface area contributed by atoms with Crippen LogP contribution in [0.2, 0.25) is 0 Å². The van der Waals surface area contributed by atoms with Crippen molar-refractivity contribution in [3.8, 4) is 0 Å². The number of nitrogen functional groups attached to an aromatic ring is 1. The molecule has 0 atom stereocenters. The topological polar surface area (TPSA) is 114 Å². The van der Waals surface area contributed by atoms with E-state index in [1.165, 1.54) is 34.4 Å². The van der Waals surface area contributed by atoms with Crippen molar-refractivity contribution in [2.24, 2.45) is 5.84 Å². The maximum absolute atomic E-state index is 12.4. The monoisotopic (exact) mass is 307 g/mol. The molecule has 0 aliphatic heterocycles. The van der Waals surface area contributed by atoms with Gasteiger partial charge in [-0.3, -0.25) is 20.8 Å². The molecule has 0 fully saturated rings. The summed E-state index contributed by atoms with van der Waals surface area (Å²) in [5, 5.41) is 12.7. The molecule has 21 heavy (non-hydrogen) atoms. The highest BCUT2D eigenvalue weighted by Gasteiger charge is 2.20. The zero-order valence-corrected chi connectivity index (χ0v) is 12.0. The molecule has 0 unspecified atom stereocenters. The molecule has 0 radical (unpaired) electrons. The molecular weight excluding hydrogens is 294 g/mol. The molecule has 2 rings (SSSR count). The number of benzene rings is 1. The predicted molar refractivity (Wildman–Crippen MR) is 78.8 cm³/mol. The van der Waals surface area contributed by atoms with Crippen LogP contribution in [0.5, 0.6) is 0 Å². The van der Waals surface area contributed by atoms with Crippen LogP contribution in [0, 0.1) is 10.1 Å². The van der Waals surface area contributed by atoms with Gasteiger partial charge in [0, 0.05) is 24.6 Å². The summed E-state index contributed by atoms with van der Waals surface area (Å²) in [6, 6.07) is 3.89. The van der Waals surface area contributed by atoms with Gasteiger partial charge in [-0.2, -0.15) is 0 Å². The molecule has 1 aromatic heterocycles. The molecule has 0 spiro atoms. The number of hydrogen-bond donors (Lipinski definition) is 2. The van der Waals surface area contributed by atoms with Crippen LogP contribution in [-0.2, 0) is 6.54 Å². The molecule has 3 N–H and O–H groups in total. The highest BCUT2D eigenvalue weighted by atomic mass is 32.1. The van der Waals surface area contributed by atoms with Crippen LogP contribution in [0.3, 0.4) is 0 Å². The van der Waals surface area contributed by atoms with Gasteiger partial charge in [-0.05, 0) is 6.07 Å². The summed E-state index contributed by atoms with van der Waals surface area (Å²) in [5.74, 6) is 4.97. The lowest BCUT2D eigenvalue weighted by atomic mass is 10.1. The Balaban J connectivity index is 2.28. The van der Waals surface area contributed by atoms with Crippen LogP contribution in [0.15, 0.2) is 29.1 Å². The highest BCUT2D eigenvalue weighted by Crippen LogP contribution is 2.23. The molecule has 0 aliphatic carbocycles. The number of carbonyl (C=O) groups is 1. The number of rotatable bonds is 5. The van der Waals surface area contributed by atoms with Crippen molar-refractivity contribution in [3.63, 3.8) is 0 Å². The minimum Gasteiger partial charge on any atom is -0.336 e. The fraction of sp³-hybridized carbons (Fsp3) is 0.167. The normalized spacial score (nSPS) is 10.2. The van der Waals surface area contributed by atoms with Crippen LogP contribution < -0.4 is 11.3 Å². The number of nitro benzene ring substituents is 1. The number of thiazole rings is 1. The van der Waals surface area contributed by atoms with Gasteiger partial charge in [0.15, 0.2) is 0 Å². The fourth-order valence-electron chi connectivity index (χ4n) is 1.78. The first-order chi connectivity index (χ1) is 10.0. The smallest absolute Gasteiger partial charge is 0.270 e. The molecule has 1 heterocycles. The number of nitro groups is 1. The van der Waals surface area contributed by atoms with E-state index in [1.807, 2.05) is 5.38 Å². The third-order valence-electron chi connectivity index (χ3n) is 2.83. The summed E-state index contributed by atoms with van der Waals surface area (Å²) in [6.07, 6.45) is 0. The zero-order chi connectivity index (χ0) is 15.4. The number of amides is 1. The van der Waals surface area contributed by atoms with Gasteiger partial charge in [0.2, 0.25) is 0 Å². The first kappa shape index (κ1) is 14.9. The van der Waals surface area contributed by atoms with Gasteiger partial charge in [-0.25, -0.2) is 4.98 Å². The lowest BCUT2D eigenvalue weighted by molar-refractivity contribution is -0.384. The number of nitrogens with two attached hydrogens (primary N) is 1. The Hall–Kier alpha value is -2.52. The molecule has 8 nitrogen and oxygen atoms in total. The van der Waals surface area contributed by atoms with Gasteiger partial charge in [-0.15, -0.1) is 11.3 Å². The minimum atomic E-state index is -0.558. The van der Waals surface area contributed by atoms with Crippen molar-refractivity contribution in [3.05, 3.63) is 50.5 Å². The van der Waals surface area contributed by atoms with Crippen molar-refractivity contribution in [2.45, 2.75) is 6.54 Å². The molecule has 1 aromatic carbocycles. The van der Waals surface area contributed by atoms with Gasteiger partial charge >= 0.3 is 0 Å². The number of hydrazine groups is 1. The summed E-state index contributed by atoms with van der Waals surface area (Å²) < 4.78 is 0. The van der Waals surface area contributed by atoms with Crippen molar-refractivity contribution >= 4 is 28.6 Å². The molecule has 110 valence electrons. The van der Waals surface area contributed by atoms with E-state index in [4.69, 9.17) is 5.84 Å². The molecule has 9 heteroatoms. The summed E-state index contributed by atoms with van der Waals surface area (Å²) in [7, 11) is 1.60. The van der Waals surface area contributed by atoms with Gasteiger partial charge in [-0.1, -0.05) is 0 Å². The molecule has 0 saturated carbocycles. The number of hydrogen-bond acceptors (Lipinski definition) is 7. The quantitative estimate of drug-likeness (QED) is 0.492. The van der Waals surface area contributed by atoms with E-state index in [2.05, 4.69) is 10.4 Å². The van der Waals surface area contributed by atoms with Gasteiger partial charge < -0.3 is 10.3 Å². The number of nitrogens with one attached hydrogen (secondary N) is 1. The van der Waals surface area contributed by atoms with Crippen LogP contribution >= 0.6 is 11.3 Å². The molecule has 2 aromatic rings. The average Bonchev–Trinajstić information content (AvgIpc) is 2.98. The van der Waals surface area contributed by atoms with Crippen molar-refractivity contribution < 1.29 is 9.72 Å². The van der Waals surface area contributed by atoms with Crippen LogP contribution in [0.4, 0.5) is 11.4 Å². The van der Waals surface area contributed by atoms with E-state index in [9.17, 15) is 14.9 Å². The summed E-state index contributed by atoms with van der Waals surface area (Å²) in [6.45, 7) is 0.315. The molecule has 0 aliphatic rings. The van der Waals surface area contributed by atoms with E-state index >= 15 is 0 Å². The van der Waals surface area contributed by atoms with Crippen LogP contribution in [0.25, 0.3) is 0 Å². The first-order valence-electron chi connectivity index (χ1n) is 5.90. The number of carbonyl (C=O) groups excluding carboxylic acids is 1. The Morgan fingerprint density at radius 2 is 2.33 bits per heavy atom. The average molecular weight is 307 g/mol. The minimum absolute atomic E-state index is 0.143. The van der Waals surface area contributed by atoms with Crippen molar-refractivity contribution in [1.29, 1.82) is 0 Å². The number of non-ortho nitro benzene ring substituents is 1. The SMILES string of the molecule is CN(Cc1cscn1)C(=O)c1cc([N+](=O)[O-])ccc1NN. The second-order valence-electron chi connectivity index (χ2n) is 4.27. The lowest BCUT2D eigenvalue weighted by Gasteiger charge is -2.17. The fourth-order valence-corrected chi connectivity index (χ4v) is 2.33. The number of nitrogens with zero attached hydrogens (tertiary/aromatic N) is 3. The Morgan fingerprint density at radius 1 is 1.57 bits per heavy atom. The maximum Gasteiger partial charge on any atom is 0.270 e. The van der Waals surface area contributed by atoms with Crippen LogP contribution in [-0.4, -0.2) is 27.8 Å². The first-order valence-corrected chi connectivity index (χ1v) is 6.84. The Labute approximate surface area is 124 Å². The summed E-state index contributed by atoms with van der Waals surface area (Å²) in [5.41, 5.74) is 5.11. The molecule has 0 bridgehead atoms. The third-order valence-corrected chi connectivity index (χ3v) is 3.46. The zero-order valence-electron chi connectivity index (χ0n) is 11.1. The van der Waals surface area contributed by atoms with Crippen molar-refractivity contribution in [1.82, 2.24) is 9.88 Å². The summed E-state index contributed by atoms with van der Waals surface area (Å²) in [4.78, 5) is 28.2. The highest BCUT2D eigenvalue weighted by molar-refractivity contribution is 7.07. The summed E-state index contributed by atoms with van der Waals surface area (Å²) >= 11 is 1.43. The number of anilines is 1. The van der Waals surface area contributed by atoms with Crippen molar-refractivity contribution in [2.75, 3.05) is 12.5 Å². The van der Waals surface area contributed by atoms with Gasteiger partial charge in [0.05, 0.1) is 33.9 Å². The van der Waals surface area contributed by atoms with Crippen LogP contribution in [0.1, 0.15) is 16.1 Å². The van der Waals surface area contributed by atoms with Gasteiger partial charge in [0.25, 0.3) is 11.6 Å². The second kappa shape index (κ2) is 6.29. The molecule has 0 saturated heterocycles. The van der Waals surface area contributed by atoms with Gasteiger partial charge in [0.1, 0.15) is 0 Å². The van der Waals surface area contributed by atoms with E-state index in [-0.39, 0.29) is 17.2 Å². The third kappa shape index (κ3) is 3.33. The largest absolute Gasteiger partial charge is 0.336 e. The molecule has 1 amide bonds. The standard InChI is InChI=1S/C12H13N5O3S/c1-16(5-8-6-21-7-14-8)12(18)10-4-9(17(19)20)2-3-11(10)15-13/h2-4,6-7,15H,5,13H2,1H3. The maximum atomic E-state index is 12.4. The second-order valence-corrected chi connectivity index (χ2v) is 4.99. The van der Waals surface area contributed by atoms with E-state index < -0.39 is 4.92 Å². The Bertz CT molecular complexity index is 659. The Kier molecular flexibility index (Phi) is 4.45. The molecular formula is C12H13N5O3S. The lowest BCUT2D eigenvalue weighted by Crippen LogP contribution is -2.27. The number of aromatic nitrogens is 1. The van der Waals surface area contributed by atoms with E-state index in [0.717, 1.165) is 5.69 Å². The Morgan fingerprint density at radius 3 is 2.90 bits per heavy atom. The van der Waals surface area contributed by atoms with E-state index in [0.29, 0.717) is 12.2 Å². The predicted octanol–water partition coefficient (Wildman–Crippen LogP) is 1.61.